The third-order valence-electron chi connectivity index (χ3n) is 9.06. The maximum Gasteiger partial charge on any atom is 0.318 e. The van der Waals surface area contributed by atoms with E-state index in [9.17, 15) is 10.1 Å². The minimum Gasteiger partial charge on any atom is -0.490 e. The molecule has 0 unspecified atom stereocenters. The Kier molecular flexibility index (Phi) is 7.97. The second-order valence-corrected chi connectivity index (χ2v) is 11.4. The van der Waals surface area contributed by atoms with Crippen LogP contribution in [-0.2, 0) is 17.6 Å². The van der Waals surface area contributed by atoms with Gasteiger partial charge in [-0.1, -0.05) is 18.7 Å². The second kappa shape index (κ2) is 12.0. The van der Waals surface area contributed by atoms with Gasteiger partial charge in [-0.25, -0.2) is 0 Å². The van der Waals surface area contributed by atoms with Crippen LogP contribution in [-0.4, -0.2) is 96.8 Å². The standard InChI is InChI=1S/C31H39N7O3/c1-3-29(39)38-16-15-36(20-23(38)12-13-32)30-25-11-10-22(37-17-18-40-28-9-5-4-8-27(28)37)19-26(25)33-31(34-30)41-21-24-7-6-14-35(24)2/h3-5,8-9,22-24H,1,6-7,10-12,14-21H2,2H3/t22-,23+,24+/m1/s1. The van der Waals surface area contributed by atoms with Crippen LogP contribution in [0.5, 0.6) is 11.8 Å². The van der Waals surface area contributed by atoms with E-state index in [1.54, 1.807) is 4.90 Å². The fourth-order valence-electron chi connectivity index (χ4n) is 6.81. The van der Waals surface area contributed by atoms with E-state index in [0.717, 1.165) is 67.3 Å². The third-order valence-corrected chi connectivity index (χ3v) is 9.06. The Labute approximate surface area is 242 Å². The SMILES string of the molecule is C=CC(=O)N1CCN(c2nc(OC[C@@H]3CCCN3C)nc3c2CC[C@@H](N2CCOc4ccccc42)C3)C[C@@H]1CC#N. The molecule has 41 heavy (non-hydrogen) atoms. The summed E-state index contributed by atoms with van der Waals surface area (Å²) in [6.45, 7) is 8.52. The van der Waals surface area contributed by atoms with E-state index < -0.39 is 0 Å². The number of nitrogens with zero attached hydrogens (tertiary/aromatic N) is 7. The Morgan fingerprint density at radius 2 is 2.07 bits per heavy atom. The maximum absolute atomic E-state index is 12.5. The quantitative estimate of drug-likeness (QED) is 0.476. The molecule has 10 heteroatoms. The number of likely N-dealkylation sites (tertiary alicyclic amines) is 1. The number of nitriles is 1. The summed E-state index contributed by atoms with van der Waals surface area (Å²) in [6.07, 6.45) is 6.53. The summed E-state index contributed by atoms with van der Waals surface area (Å²) in [5, 5.41) is 9.51. The van der Waals surface area contributed by atoms with E-state index in [1.807, 2.05) is 12.1 Å². The van der Waals surface area contributed by atoms with Crippen molar-refractivity contribution in [3.63, 3.8) is 0 Å². The van der Waals surface area contributed by atoms with Crippen LogP contribution in [0.4, 0.5) is 11.5 Å². The number of fused-ring (bicyclic) bond motifs is 2. The van der Waals surface area contributed by atoms with Crippen molar-refractivity contribution >= 4 is 17.4 Å². The molecule has 4 aliphatic rings. The minimum atomic E-state index is -0.220. The van der Waals surface area contributed by atoms with Gasteiger partial charge in [0.1, 0.15) is 24.8 Å². The van der Waals surface area contributed by atoms with Crippen LogP contribution in [0, 0.1) is 11.3 Å². The lowest BCUT2D eigenvalue weighted by atomic mass is 9.90. The molecule has 1 aromatic heterocycles. The Balaban J connectivity index is 1.29. The summed E-state index contributed by atoms with van der Waals surface area (Å²) in [4.78, 5) is 31.3. The molecule has 0 radical (unpaired) electrons. The fourth-order valence-corrected chi connectivity index (χ4v) is 6.81. The molecular formula is C31H39N7O3. The molecule has 1 aliphatic carbocycles. The second-order valence-electron chi connectivity index (χ2n) is 11.4. The summed E-state index contributed by atoms with van der Waals surface area (Å²) < 4.78 is 12.2. The molecule has 10 nitrogen and oxygen atoms in total. The highest BCUT2D eigenvalue weighted by Crippen LogP contribution is 2.38. The lowest BCUT2D eigenvalue weighted by Gasteiger charge is -2.43. The van der Waals surface area contributed by atoms with Crippen LogP contribution in [0.1, 0.15) is 36.9 Å². The van der Waals surface area contributed by atoms with Crippen LogP contribution in [0.3, 0.4) is 0 Å². The van der Waals surface area contributed by atoms with Crippen molar-refractivity contribution in [1.29, 1.82) is 5.26 Å². The Bertz CT molecular complexity index is 1330. The van der Waals surface area contributed by atoms with Gasteiger partial charge in [0.15, 0.2) is 0 Å². The maximum atomic E-state index is 12.5. The number of para-hydroxylation sites is 2. The number of ether oxygens (including phenoxy) is 2. The van der Waals surface area contributed by atoms with Crippen LogP contribution < -0.4 is 19.3 Å². The van der Waals surface area contributed by atoms with E-state index in [2.05, 4.69) is 46.5 Å². The molecule has 3 aliphatic heterocycles. The molecule has 0 saturated carbocycles. The van der Waals surface area contributed by atoms with Crippen molar-refractivity contribution < 1.29 is 14.3 Å². The van der Waals surface area contributed by atoms with Gasteiger partial charge in [0.05, 0.1) is 36.5 Å². The molecule has 2 fully saturated rings. The number of hydrogen-bond acceptors (Lipinski definition) is 9. The third kappa shape index (κ3) is 5.55. The average Bonchev–Trinajstić information content (AvgIpc) is 3.43. The predicted octanol–water partition coefficient (Wildman–Crippen LogP) is 2.82. The number of amides is 1. The lowest BCUT2D eigenvalue weighted by Crippen LogP contribution is -2.55. The van der Waals surface area contributed by atoms with Gasteiger partial charge < -0.3 is 29.1 Å². The zero-order valence-electron chi connectivity index (χ0n) is 23.9. The summed E-state index contributed by atoms with van der Waals surface area (Å²) in [7, 11) is 2.14. The number of anilines is 2. The molecule has 4 heterocycles. The first kappa shape index (κ1) is 27.3. The monoisotopic (exact) mass is 557 g/mol. The Morgan fingerprint density at radius 3 is 2.88 bits per heavy atom. The van der Waals surface area contributed by atoms with Gasteiger partial charge >= 0.3 is 6.01 Å². The number of hydrogen-bond donors (Lipinski definition) is 0. The molecule has 0 N–H and O–H groups in total. The first-order chi connectivity index (χ1) is 20.1. The van der Waals surface area contributed by atoms with Gasteiger partial charge in [-0.05, 0) is 57.5 Å². The van der Waals surface area contributed by atoms with Gasteiger partial charge in [-0.15, -0.1) is 0 Å². The van der Waals surface area contributed by atoms with Crippen LogP contribution in [0.2, 0.25) is 0 Å². The van der Waals surface area contributed by atoms with Crippen molar-refractivity contribution in [2.45, 2.75) is 56.7 Å². The highest BCUT2D eigenvalue weighted by atomic mass is 16.5. The van der Waals surface area contributed by atoms with Crippen molar-refractivity contribution in [1.82, 2.24) is 19.8 Å². The van der Waals surface area contributed by atoms with E-state index in [4.69, 9.17) is 19.4 Å². The smallest absolute Gasteiger partial charge is 0.318 e. The van der Waals surface area contributed by atoms with Gasteiger partial charge in [-0.3, -0.25) is 4.79 Å². The summed E-state index contributed by atoms with van der Waals surface area (Å²) >= 11 is 0. The van der Waals surface area contributed by atoms with Gasteiger partial charge in [0.25, 0.3) is 0 Å². The van der Waals surface area contributed by atoms with E-state index in [0.29, 0.717) is 50.9 Å². The van der Waals surface area contributed by atoms with Crippen molar-refractivity contribution in [2.75, 3.05) is 62.8 Å². The molecule has 6 rings (SSSR count). The zero-order chi connectivity index (χ0) is 28.3. The largest absolute Gasteiger partial charge is 0.490 e. The number of carbonyl (C=O) groups is 1. The lowest BCUT2D eigenvalue weighted by molar-refractivity contribution is -0.128. The number of benzene rings is 1. The molecule has 2 aromatic rings. The minimum absolute atomic E-state index is 0.132. The highest BCUT2D eigenvalue weighted by molar-refractivity contribution is 5.87. The molecule has 3 atom stereocenters. The topological polar surface area (TPSA) is 98.1 Å². The van der Waals surface area contributed by atoms with Crippen molar-refractivity contribution in [3.8, 4) is 17.8 Å². The zero-order valence-corrected chi connectivity index (χ0v) is 23.9. The van der Waals surface area contributed by atoms with E-state index in [1.165, 1.54) is 12.5 Å². The van der Waals surface area contributed by atoms with E-state index in [-0.39, 0.29) is 18.4 Å². The molecule has 1 aromatic carbocycles. The Hall–Kier alpha value is -3.84. The summed E-state index contributed by atoms with van der Waals surface area (Å²) in [5.41, 5.74) is 3.34. The summed E-state index contributed by atoms with van der Waals surface area (Å²) in [6, 6.07) is 11.4. The summed E-state index contributed by atoms with van der Waals surface area (Å²) in [5.74, 6) is 1.69. The van der Waals surface area contributed by atoms with Gasteiger partial charge in [0, 0.05) is 43.7 Å². The van der Waals surface area contributed by atoms with Crippen molar-refractivity contribution in [2.24, 2.45) is 0 Å². The molecule has 0 bridgehead atoms. The molecule has 1 amide bonds. The van der Waals surface area contributed by atoms with Crippen LogP contribution in [0.25, 0.3) is 0 Å². The first-order valence-electron chi connectivity index (χ1n) is 14.8. The Morgan fingerprint density at radius 1 is 1.20 bits per heavy atom. The number of piperazine rings is 1. The average molecular weight is 558 g/mol. The molecular weight excluding hydrogens is 518 g/mol. The van der Waals surface area contributed by atoms with Crippen LogP contribution >= 0.6 is 0 Å². The highest BCUT2D eigenvalue weighted by Gasteiger charge is 2.35. The fraction of sp³-hybridized carbons (Fsp3) is 0.548. The number of carbonyl (C=O) groups excluding carboxylic acids is 1. The molecule has 2 saturated heterocycles. The van der Waals surface area contributed by atoms with Crippen molar-refractivity contribution in [3.05, 3.63) is 48.2 Å². The van der Waals surface area contributed by atoms with Gasteiger partial charge in [-0.2, -0.15) is 15.2 Å². The number of aromatic nitrogens is 2. The first-order valence-corrected chi connectivity index (χ1v) is 14.8. The molecule has 216 valence electrons. The number of likely N-dealkylation sites (N-methyl/N-ethyl adjacent to an activating group) is 1. The normalized spacial score (nSPS) is 24.2. The number of rotatable bonds is 7. The van der Waals surface area contributed by atoms with Gasteiger partial charge in [0.2, 0.25) is 5.91 Å². The molecule has 0 spiro atoms. The van der Waals surface area contributed by atoms with Crippen LogP contribution in [0.15, 0.2) is 36.9 Å². The predicted molar refractivity (Wildman–Crippen MR) is 156 cm³/mol. The van der Waals surface area contributed by atoms with E-state index >= 15 is 0 Å².